The van der Waals surface area contributed by atoms with E-state index in [0.29, 0.717) is 0 Å². The SMILES string of the molecule is O=C1COC(CCl)CC1=O. The van der Waals surface area contributed by atoms with Crippen molar-refractivity contribution >= 4 is 23.2 Å². The van der Waals surface area contributed by atoms with Gasteiger partial charge in [0.1, 0.15) is 6.61 Å². The third kappa shape index (κ3) is 1.55. The molecule has 1 aliphatic rings. The molecule has 1 atom stereocenters. The highest BCUT2D eigenvalue weighted by Crippen LogP contribution is 2.08. The summed E-state index contributed by atoms with van der Waals surface area (Å²) in [6.07, 6.45) is -0.116. The van der Waals surface area contributed by atoms with E-state index in [1.165, 1.54) is 0 Å². The second-order valence-corrected chi connectivity index (χ2v) is 2.45. The highest BCUT2D eigenvalue weighted by molar-refractivity contribution is 6.38. The predicted molar refractivity (Wildman–Crippen MR) is 35.1 cm³/mol. The first-order chi connectivity index (χ1) is 4.74. The molecule has 1 fully saturated rings. The quantitative estimate of drug-likeness (QED) is 0.407. The van der Waals surface area contributed by atoms with Gasteiger partial charge >= 0.3 is 0 Å². The predicted octanol–water partition coefficient (Wildman–Crippen LogP) is 0.152. The molecule has 0 aromatic rings. The standard InChI is InChI=1S/C6H7ClO3/c7-2-4-1-5(8)6(9)3-10-4/h4H,1-3H2. The zero-order valence-corrected chi connectivity index (χ0v) is 6.06. The van der Waals surface area contributed by atoms with Crippen molar-refractivity contribution in [1.29, 1.82) is 0 Å². The van der Waals surface area contributed by atoms with E-state index < -0.39 is 5.78 Å². The van der Waals surface area contributed by atoms with Crippen LogP contribution in [0.5, 0.6) is 0 Å². The summed E-state index contributed by atoms with van der Waals surface area (Å²) in [5, 5.41) is 0. The fourth-order valence-corrected chi connectivity index (χ4v) is 0.951. The molecule has 0 radical (unpaired) electrons. The van der Waals surface area contributed by atoms with Crippen LogP contribution in [-0.4, -0.2) is 30.2 Å². The molecule has 1 rings (SSSR count). The second kappa shape index (κ2) is 3.12. The summed E-state index contributed by atoms with van der Waals surface area (Å²) in [6.45, 7) is -0.101. The molecule has 0 aliphatic carbocycles. The molecule has 1 unspecified atom stereocenters. The first kappa shape index (κ1) is 7.69. The van der Waals surface area contributed by atoms with Crippen LogP contribution in [-0.2, 0) is 14.3 Å². The van der Waals surface area contributed by atoms with Crippen molar-refractivity contribution in [2.24, 2.45) is 0 Å². The smallest absolute Gasteiger partial charge is 0.224 e. The number of Topliss-reactive ketones (excluding diaryl/α,β-unsaturated/α-hetero) is 2. The van der Waals surface area contributed by atoms with E-state index in [9.17, 15) is 9.59 Å². The van der Waals surface area contributed by atoms with Crippen molar-refractivity contribution in [3.05, 3.63) is 0 Å². The van der Waals surface area contributed by atoms with Crippen LogP contribution in [0.3, 0.4) is 0 Å². The number of alkyl halides is 1. The molecule has 3 nitrogen and oxygen atoms in total. The molecule has 0 aromatic heterocycles. The summed E-state index contributed by atoms with van der Waals surface area (Å²) in [5.74, 6) is -0.530. The topological polar surface area (TPSA) is 43.4 Å². The average molecular weight is 163 g/mol. The highest BCUT2D eigenvalue weighted by Gasteiger charge is 2.25. The van der Waals surface area contributed by atoms with Gasteiger partial charge in [0, 0.05) is 12.3 Å². The number of hydrogen-bond donors (Lipinski definition) is 0. The Kier molecular flexibility index (Phi) is 2.40. The fourth-order valence-electron chi connectivity index (χ4n) is 0.753. The Bertz CT molecular complexity index is 166. The minimum atomic E-state index is -0.443. The van der Waals surface area contributed by atoms with Gasteiger partial charge < -0.3 is 4.74 Å². The lowest BCUT2D eigenvalue weighted by Crippen LogP contribution is -2.34. The molecule has 0 amide bonds. The van der Waals surface area contributed by atoms with E-state index >= 15 is 0 Å². The van der Waals surface area contributed by atoms with Crippen LogP contribution in [0.15, 0.2) is 0 Å². The molecule has 10 heavy (non-hydrogen) atoms. The van der Waals surface area contributed by atoms with Crippen molar-refractivity contribution in [3.63, 3.8) is 0 Å². The first-order valence-corrected chi connectivity index (χ1v) is 3.51. The van der Waals surface area contributed by atoms with Crippen LogP contribution in [0, 0.1) is 0 Å². The first-order valence-electron chi connectivity index (χ1n) is 2.97. The van der Waals surface area contributed by atoms with Gasteiger partial charge in [0.05, 0.1) is 6.10 Å². The van der Waals surface area contributed by atoms with Crippen LogP contribution in [0.1, 0.15) is 6.42 Å². The monoisotopic (exact) mass is 162 g/mol. The Labute approximate surface area is 63.3 Å². The molecule has 1 saturated heterocycles. The molecular weight excluding hydrogens is 156 g/mol. The number of ketones is 2. The van der Waals surface area contributed by atoms with Gasteiger partial charge in [-0.1, -0.05) is 0 Å². The van der Waals surface area contributed by atoms with Crippen molar-refractivity contribution < 1.29 is 14.3 Å². The second-order valence-electron chi connectivity index (χ2n) is 2.14. The van der Waals surface area contributed by atoms with E-state index in [1.807, 2.05) is 0 Å². The Morgan fingerprint density at radius 3 is 2.70 bits per heavy atom. The molecule has 0 spiro atoms. The van der Waals surface area contributed by atoms with Crippen molar-refractivity contribution in [3.8, 4) is 0 Å². The minimum absolute atomic E-state index is 0.101. The normalized spacial score (nSPS) is 27.1. The number of hydrogen-bond acceptors (Lipinski definition) is 3. The van der Waals surface area contributed by atoms with Crippen molar-refractivity contribution in [2.75, 3.05) is 12.5 Å². The van der Waals surface area contributed by atoms with E-state index in [0.717, 1.165) is 0 Å². The summed E-state index contributed by atoms with van der Waals surface area (Å²) >= 11 is 5.40. The van der Waals surface area contributed by atoms with Crippen LogP contribution >= 0.6 is 11.6 Å². The van der Waals surface area contributed by atoms with Gasteiger partial charge in [-0.2, -0.15) is 0 Å². The van der Waals surface area contributed by atoms with Gasteiger partial charge in [-0.25, -0.2) is 0 Å². The molecule has 1 aliphatic heterocycles. The molecule has 4 heteroatoms. The van der Waals surface area contributed by atoms with Crippen LogP contribution in [0.4, 0.5) is 0 Å². The third-order valence-corrected chi connectivity index (χ3v) is 1.69. The largest absolute Gasteiger partial charge is 0.368 e. The van der Waals surface area contributed by atoms with E-state index in [-0.39, 0.29) is 30.8 Å². The summed E-state index contributed by atoms with van der Waals surface area (Å²) in [4.78, 5) is 21.2. The average Bonchev–Trinajstić information content (AvgIpc) is 1.95. The number of rotatable bonds is 1. The Morgan fingerprint density at radius 1 is 1.50 bits per heavy atom. The molecule has 0 saturated carbocycles. The van der Waals surface area contributed by atoms with E-state index in [2.05, 4.69) is 0 Å². The Balaban J connectivity index is 2.48. The highest BCUT2D eigenvalue weighted by atomic mass is 35.5. The molecule has 1 heterocycles. The Morgan fingerprint density at radius 2 is 2.20 bits per heavy atom. The zero-order valence-electron chi connectivity index (χ0n) is 5.30. The number of carbonyl (C=O) groups is 2. The van der Waals surface area contributed by atoms with E-state index in [1.54, 1.807) is 0 Å². The lowest BCUT2D eigenvalue weighted by molar-refractivity contribution is -0.146. The fraction of sp³-hybridized carbons (Fsp3) is 0.667. The molecule has 0 bridgehead atoms. The van der Waals surface area contributed by atoms with Gasteiger partial charge in [0.2, 0.25) is 11.6 Å². The maximum Gasteiger partial charge on any atom is 0.224 e. The number of carbonyl (C=O) groups excluding carboxylic acids is 2. The lowest BCUT2D eigenvalue weighted by Gasteiger charge is -2.17. The molecular formula is C6H7ClO3. The van der Waals surface area contributed by atoms with Gasteiger partial charge in [0.15, 0.2) is 0 Å². The Hall–Kier alpha value is -0.410. The van der Waals surface area contributed by atoms with Crippen LogP contribution in [0.2, 0.25) is 0 Å². The summed E-state index contributed by atoms with van der Waals surface area (Å²) < 4.78 is 4.91. The third-order valence-electron chi connectivity index (χ3n) is 1.35. The molecule has 0 aromatic carbocycles. The lowest BCUT2D eigenvalue weighted by atomic mass is 10.1. The summed E-state index contributed by atoms with van der Waals surface area (Å²) in [6, 6.07) is 0. The van der Waals surface area contributed by atoms with Crippen LogP contribution in [0.25, 0.3) is 0 Å². The molecule has 56 valence electrons. The summed E-state index contributed by atoms with van der Waals surface area (Å²) in [7, 11) is 0. The van der Waals surface area contributed by atoms with Gasteiger partial charge in [-0.15, -0.1) is 11.6 Å². The maximum atomic E-state index is 10.7. The van der Waals surface area contributed by atoms with Crippen LogP contribution < -0.4 is 0 Å². The summed E-state index contributed by atoms with van der Waals surface area (Å²) in [5.41, 5.74) is 0. The maximum absolute atomic E-state index is 10.7. The zero-order chi connectivity index (χ0) is 7.56. The van der Waals surface area contributed by atoms with Crippen molar-refractivity contribution in [2.45, 2.75) is 12.5 Å². The number of ether oxygens (including phenoxy) is 1. The van der Waals surface area contributed by atoms with E-state index in [4.69, 9.17) is 16.3 Å². The van der Waals surface area contributed by atoms with Gasteiger partial charge in [0.25, 0.3) is 0 Å². The van der Waals surface area contributed by atoms with Crippen molar-refractivity contribution in [1.82, 2.24) is 0 Å². The number of halogens is 1. The molecule has 0 N–H and O–H groups in total. The van der Waals surface area contributed by atoms with Gasteiger partial charge in [-0.05, 0) is 0 Å². The minimum Gasteiger partial charge on any atom is -0.368 e. The van der Waals surface area contributed by atoms with Gasteiger partial charge in [-0.3, -0.25) is 9.59 Å².